The second-order valence-corrected chi connectivity index (χ2v) is 12.2. The van der Waals surface area contributed by atoms with E-state index in [9.17, 15) is 19.8 Å². The summed E-state index contributed by atoms with van der Waals surface area (Å²) < 4.78 is 6.41. The largest absolute Gasteiger partial charge is 0.444 e. The van der Waals surface area contributed by atoms with E-state index in [-0.39, 0.29) is 17.8 Å². The number of amides is 1. The lowest BCUT2D eigenvalue weighted by Gasteiger charge is -2.33. The third-order valence-corrected chi connectivity index (χ3v) is 6.47. The molecule has 6 nitrogen and oxygen atoms in total. The first-order valence-electron chi connectivity index (χ1n) is 12.3. The lowest BCUT2D eigenvalue weighted by molar-refractivity contribution is 0.0182. The zero-order chi connectivity index (χ0) is 27.3. The third-order valence-electron chi connectivity index (χ3n) is 5.94. The SMILES string of the molecule is CC(C)(C)OC(=O)N1CCC(C(=O)c2ccc(C(C)(C)O)cc2)CC1.CC(C)(O)c1ccc(Br)cc1. The number of Topliss-reactive ketones (excluding diaryl/α,β-unsaturated/α-hetero) is 1. The van der Waals surface area contributed by atoms with Crippen molar-refractivity contribution in [2.24, 2.45) is 5.92 Å². The zero-order valence-electron chi connectivity index (χ0n) is 22.5. The van der Waals surface area contributed by atoms with E-state index in [1.54, 1.807) is 56.9 Å². The zero-order valence-corrected chi connectivity index (χ0v) is 24.1. The first-order chi connectivity index (χ1) is 16.5. The molecule has 3 rings (SSSR count). The molecule has 0 aromatic heterocycles. The van der Waals surface area contributed by atoms with Crippen molar-refractivity contribution in [1.82, 2.24) is 4.90 Å². The fourth-order valence-electron chi connectivity index (χ4n) is 3.79. The van der Waals surface area contributed by atoms with Gasteiger partial charge in [0.2, 0.25) is 0 Å². The van der Waals surface area contributed by atoms with Crippen LogP contribution in [0.2, 0.25) is 0 Å². The standard InChI is InChI=1S/C20H29NO4.C9H11BrO/c1-19(2,3)25-18(23)21-12-10-15(11-13-21)17(22)14-6-8-16(9-7-14)20(4,5)24;1-9(2,11)7-3-5-8(10)6-4-7/h6-9,15,24H,10-13H2,1-5H3;3-6,11H,1-2H3. The maximum Gasteiger partial charge on any atom is 0.410 e. The summed E-state index contributed by atoms with van der Waals surface area (Å²) in [6.07, 6.45) is 0.976. The Morgan fingerprint density at radius 2 is 1.22 bits per heavy atom. The Morgan fingerprint density at radius 3 is 1.61 bits per heavy atom. The summed E-state index contributed by atoms with van der Waals surface area (Å²) in [5, 5.41) is 19.6. The monoisotopic (exact) mass is 561 g/mol. The molecular weight excluding hydrogens is 522 g/mol. The number of benzene rings is 2. The summed E-state index contributed by atoms with van der Waals surface area (Å²) in [6.45, 7) is 13.6. The summed E-state index contributed by atoms with van der Waals surface area (Å²) in [7, 11) is 0. The molecule has 2 aromatic carbocycles. The van der Waals surface area contributed by atoms with E-state index in [1.165, 1.54) is 0 Å². The first kappa shape index (κ1) is 30.0. The maximum atomic E-state index is 12.7. The number of carbonyl (C=O) groups excluding carboxylic acids is 2. The van der Waals surface area contributed by atoms with Crippen molar-refractivity contribution in [1.29, 1.82) is 0 Å². The van der Waals surface area contributed by atoms with Gasteiger partial charge in [0.05, 0.1) is 11.2 Å². The predicted octanol–water partition coefficient (Wildman–Crippen LogP) is 6.42. The molecule has 0 atom stereocenters. The molecule has 0 unspecified atom stereocenters. The summed E-state index contributed by atoms with van der Waals surface area (Å²) in [4.78, 5) is 26.4. The van der Waals surface area contributed by atoms with Gasteiger partial charge in [0.15, 0.2) is 5.78 Å². The summed E-state index contributed by atoms with van der Waals surface area (Å²) in [6, 6.07) is 14.8. The number of rotatable bonds is 4. The molecule has 1 amide bonds. The summed E-state index contributed by atoms with van der Waals surface area (Å²) in [5.74, 6) is 0.0257. The molecule has 2 aromatic rings. The second kappa shape index (κ2) is 11.9. The molecule has 0 aliphatic carbocycles. The highest BCUT2D eigenvalue weighted by Gasteiger charge is 2.30. The minimum Gasteiger partial charge on any atom is -0.444 e. The van der Waals surface area contributed by atoms with Crippen molar-refractivity contribution in [2.75, 3.05) is 13.1 Å². The van der Waals surface area contributed by atoms with Gasteiger partial charge in [-0.05, 0) is 84.6 Å². The molecule has 1 saturated heterocycles. The van der Waals surface area contributed by atoms with Gasteiger partial charge in [-0.2, -0.15) is 0 Å². The number of halogens is 1. The van der Waals surface area contributed by atoms with Crippen molar-refractivity contribution in [2.45, 2.75) is 78.1 Å². The van der Waals surface area contributed by atoms with Gasteiger partial charge in [-0.25, -0.2) is 4.79 Å². The number of aliphatic hydroxyl groups is 2. The van der Waals surface area contributed by atoms with Crippen LogP contribution in [0.5, 0.6) is 0 Å². The number of hydrogen-bond donors (Lipinski definition) is 2. The minimum absolute atomic E-state index is 0.0772. The summed E-state index contributed by atoms with van der Waals surface area (Å²) in [5.41, 5.74) is 0.209. The molecule has 7 heteroatoms. The molecule has 0 radical (unpaired) electrons. The van der Waals surface area contributed by atoms with Crippen molar-refractivity contribution in [3.05, 3.63) is 69.7 Å². The van der Waals surface area contributed by atoms with Crippen LogP contribution in [0.15, 0.2) is 53.0 Å². The fraction of sp³-hybridized carbons (Fsp3) is 0.517. The van der Waals surface area contributed by atoms with E-state index < -0.39 is 16.8 Å². The lowest BCUT2D eigenvalue weighted by atomic mass is 9.88. The molecule has 2 N–H and O–H groups in total. The van der Waals surface area contributed by atoms with Gasteiger partial charge in [-0.15, -0.1) is 0 Å². The smallest absolute Gasteiger partial charge is 0.410 e. The number of likely N-dealkylation sites (tertiary alicyclic amines) is 1. The number of carbonyl (C=O) groups is 2. The van der Waals surface area contributed by atoms with Crippen LogP contribution >= 0.6 is 15.9 Å². The number of ketones is 1. The molecular formula is C29H40BrNO5. The van der Waals surface area contributed by atoms with Crippen LogP contribution in [-0.2, 0) is 15.9 Å². The fourth-order valence-corrected chi connectivity index (χ4v) is 4.05. The van der Waals surface area contributed by atoms with Crippen LogP contribution in [0.3, 0.4) is 0 Å². The van der Waals surface area contributed by atoms with Crippen LogP contribution in [0.4, 0.5) is 4.79 Å². The van der Waals surface area contributed by atoms with Gasteiger partial charge < -0.3 is 19.8 Å². The molecule has 1 heterocycles. The van der Waals surface area contributed by atoms with Crippen LogP contribution in [0.1, 0.15) is 82.8 Å². The van der Waals surface area contributed by atoms with E-state index in [0.29, 0.717) is 31.5 Å². The molecule has 36 heavy (non-hydrogen) atoms. The Morgan fingerprint density at radius 1 is 0.806 bits per heavy atom. The van der Waals surface area contributed by atoms with E-state index in [4.69, 9.17) is 4.74 Å². The minimum atomic E-state index is -0.916. The van der Waals surface area contributed by atoms with Crippen molar-refractivity contribution in [3.63, 3.8) is 0 Å². The van der Waals surface area contributed by atoms with E-state index in [0.717, 1.165) is 15.6 Å². The number of nitrogens with zero attached hydrogens (tertiary/aromatic N) is 1. The lowest BCUT2D eigenvalue weighted by Crippen LogP contribution is -2.43. The average Bonchev–Trinajstić information content (AvgIpc) is 2.77. The van der Waals surface area contributed by atoms with Gasteiger partial charge in [-0.1, -0.05) is 52.3 Å². The maximum absolute atomic E-state index is 12.7. The predicted molar refractivity (Wildman–Crippen MR) is 146 cm³/mol. The Hall–Kier alpha value is -2.22. The van der Waals surface area contributed by atoms with E-state index in [2.05, 4.69) is 15.9 Å². The van der Waals surface area contributed by atoms with Gasteiger partial charge >= 0.3 is 6.09 Å². The van der Waals surface area contributed by atoms with Crippen LogP contribution < -0.4 is 0 Å². The van der Waals surface area contributed by atoms with E-state index >= 15 is 0 Å². The Labute approximate surface area is 223 Å². The summed E-state index contributed by atoms with van der Waals surface area (Å²) >= 11 is 3.33. The van der Waals surface area contributed by atoms with Gasteiger partial charge in [-0.3, -0.25) is 4.79 Å². The molecule has 0 saturated carbocycles. The molecule has 1 aliphatic heterocycles. The third kappa shape index (κ3) is 9.34. The van der Waals surface area contributed by atoms with Crippen molar-refractivity contribution >= 4 is 27.8 Å². The highest BCUT2D eigenvalue weighted by atomic mass is 79.9. The van der Waals surface area contributed by atoms with Gasteiger partial charge in [0, 0.05) is 29.0 Å². The van der Waals surface area contributed by atoms with E-state index in [1.807, 2.05) is 45.0 Å². The molecule has 198 valence electrons. The topological polar surface area (TPSA) is 87.1 Å². The van der Waals surface area contributed by atoms with Crippen molar-refractivity contribution < 1.29 is 24.5 Å². The van der Waals surface area contributed by atoms with Crippen LogP contribution in [0.25, 0.3) is 0 Å². The van der Waals surface area contributed by atoms with Crippen LogP contribution in [-0.4, -0.2) is 45.7 Å². The van der Waals surface area contributed by atoms with Gasteiger partial charge in [0.25, 0.3) is 0 Å². The number of hydrogen-bond acceptors (Lipinski definition) is 5. The Kier molecular flexibility index (Phi) is 9.91. The number of ether oxygens (including phenoxy) is 1. The van der Waals surface area contributed by atoms with Gasteiger partial charge in [0.1, 0.15) is 5.60 Å². The Bertz CT molecular complexity index is 1000. The highest BCUT2D eigenvalue weighted by Crippen LogP contribution is 2.25. The normalized spacial score (nSPS) is 15.1. The average molecular weight is 563 g/mol. The number of piperidine rings is 1. The van der Waals surface area contributed by atoms with Crippen LogP contribution in [0, 0.1) is 5.92 Å². The second-order valence-electron chi connectivity index (χ2n) is 11.3. The highest BCUT2D eigenvalue weighted by molar-refractivity contribution is 9.10. The molecule has 0 bridgehead atoms. The molecule has 1 aliphatic rings. The first-order valence-corrected chi connectivity index (χ1v) is 13.1. The molecule has 1 fully saturated rings. The Balaban J connectivity index is 0.000000346. The molecule has 0 spiro atoms. The quantitative estimate of drug-likeness (QED) is 0.420. The van der Waals surface area contributed by atoms with Crippen molar-refractivity contribution in [3.8, 4) is 0 Å².